The fourth-order valence-corrected chi connectivity index (χ4v) is 0.368. The minimum absolute atomic E-state index is 0.513. The van der Waals surface area contributed by atoms with Gasteiger partial charge < -0.3 is 15.2 Å². The van der Waals surface area contributed by atoms with Gasteiger partial charge in [-0.05, 0) is 4.92 Å². The zero-order chi connectivity index (χ0) is 7.56. The van der Waals surface area contributed by atoms with Crippen LogP contribution in [0.5, 0.6) is 0 Å². The maximum absolute atomic E-state index is 9.88. The lowest BCUT2D eigenvalue weighted by molar-refractivity contribution is -0.394. The monoisotopic (exact) mass is 145 g/mol. The Hall–Kier alpha value is -1.57. The fraction of sp³-hybridized carbons (Fsp3) is 0.500. The summed E-state index contributed by atoms with van der Waals surface area (Å²) in [6.07, 6.45) is 0. The molecular formula is C2H3N5O3. The van der Waals surface area contributed by atoms with Gasteiger partial charge in [0, 0.05) is 5.21 Å². The lowest BCUT2D eigenvalue weighted by Gasteiger charge is -1.81. The lowest BCUT2D eigenvalue weighted by Crippen LogP contribution is -2.01. The molecule has 0 aliphatic rings. The predicted octanol–water partition coefficient (Wildman–Crippen LogP) is -1.47. The molecule has 8 heteroatoms. The van der Waals surface area contributed by atoms with Gasteiger partial charge in [0.25, 0.3) is 0 Å². The molecule has 0 aliphatic heterocycles. The highest BCUT2D eigenvalue weighted by atomic mass is 16.6. The third-order valence-electron chi connectivity index (χ3n) is 0.732. The number of aliphatic hydroxyl groups is 1. The first kappa shape index (κ1) is 6.55. The van der Waals surface area contributed by atoms with Crippen LogP contribution in [0, 0.1) is 10.1 Å². The summed E-state index contributed by atoms with van der Waals surface area (Å²) in [6.45, 7) is -0.513. The smallest absolute Gasteiger partial charge is 0.390 e. The highest BCUT2D eigenvalue weighted by Crippen LogP contribution is 1.95. The number of tetrazole rings is 1. The first-order valence-corrected chi connectivity index (χ1v) is 2.27. The summed E-state index contributed by atoms with van der Waals surface area (Å²) in [5, 5.41) is 27.5. The van der Waals surface area contributed by atoms with Gasteiger partial charge in [-0.2, -0.15) is 0 Å². The van der Waals surface area contributed by atoms with Gasteiger partial charge in [-0.1, -0.05) is 4.80 Å². The van der Waals surface area contributed by atoms with E-state index in [1.807, 2.05) is 0 Å². The van der Waals surface area contributed by atoms with Crippen LogP contribution in [0.4, 0.5) is 5.95 Å². The Morgan fingerprint density at radius 3 is 2.80 bits per heavy atom. The van der Waals surface area contributed by atoms with Crippen molar-refractivity contribution in [3.05, 3.63) is 10.1 Å². The second-order valence-corrected chi connectivity index (χ2v) is 1.36. The summed E-state index contributed by atoms with van der Waals surface area (Å²) in [6, 6.07) is 0. The molecule has 1 aromatic rings. The van der Waals surface area contributed by atoms with Gasteiger partial charge >= 0.3 is 5.95 Å². The highest BCUT2D eigenvalue weighted by molar-refractivity contribution is 4.92. The molecule has 8 nitrogen and oxygen atoms in total. The third-order valence-corrected chi connectivity index (χ3v) is 0.732. The summed E-state index contributed by atoms with van der Waals surface area (Å²) >= 11 is 0. The van der Waals surface area contributed by atoms with Gasteiger partial charge in [0.2, 0.25) is 0 Å². The second-order valence-electron chi connectivity index (χ2n) is 1.36. The zero-order valence-corrected chi connectivity index (χ0v) is 4.71. The minimum Gasteiger partial charge on any atom is -0.390 e. The first-order valence-electron chi connectivity index (χ1n) is 2.27. The predicted molar refractivity (Wildman–Crippen MR) is 26.7 cm³/mol. The Morgan fingerprint density at radius 1 is 1.80 bits per heavy atom. The fourth-order valence-electron chi connectivity index (χ4n) is 0.368. The molecule has 0 radical (unpaired) electrons. The summed E-state index contributed by atoms with van der Waals surface area (Å²) in [4.78, 5) is 9.79. The highest BCUT2D eigenvalue weighted by Gasteiger charge is 2.13. The standard InChI is InChI=1S/C2H3N5O3/c8-1-6-4-2(3-5-6)7(9)10/h8H,1H2. The molecule has 1 N–H and O–H groups in total. The van der Waals surface area contributed by atoms with Crippen LogP contribution >= 0.6 is 0 Å². The molecule has 1 heterocycles. The van der Waals surface area contributed by atoms with E-state index in [4.69, 9.17) is 5.11 Å². The van der Waals surface area contributed by atoms with Gasteiger partial charge in [-0.15, -0.1) is 0 Å². The Labute approximate surface area is 54.2 Å². The van der Waals surface area contributed by atoms with E-state index in [0.717, 1.165) is 0 Å². The molecule has 0 aromatic carbocycles. The van der Waals surface area contributed by atoms with Crippen molar-refractivity contribution >= 4 is 5.95 Å². The molecule has 0 bridgehead atoms. The van der Waals surface area contributed by atoms with Gasteiger partial charge in [0.05, 0.1) is 10.2 Å². The summed E-state index contributed by atoms with van der Waals surface area (Å²) in [5.41, 5.74) is 0. The second kappa shape index (κ2) is 2.35. The molecule has 54 valence electrons. The molecule has 10 heavy (non-hydrogen) atoms. The van der Waals surface area contributed by atoms with Crippen LogP contribution in [-0.4, -0.2) is 30.2 Å². The average molecular weight is 145 g/mol. The van der Waals surface area contributed by atoms with Crippen molar-refractivity contribution in [1.82, 2.24) is 20.2 Å². The number of aliphatic hydroxyl groups excluding tert-OH is 1. The molecule has 0 unspecified atom stereocenters. The summed E-state index contributed by atoms with van der Waals surface area (Å²) in [7, 11) is 0. The minimum atomic E-state index is -0.792. The Balaban J connectivity index is 2.88. The van der Waals surface area contributed by atoms with Gasteiger partial charge in [-0.3, -0.25) is 0 Å². The van der Waals surface area contributed by atoms with Crippen LogP contribution in [0.1, 0.15) is 0 Å². The number of aromatic nitrogens is 4. The van der Waals surface area contributed by atoms with E-state index < -0.39 is 17.6 Å². The molecule has 0 aliphatic carbocycles. The van der Waals surface area contributed by atoms with Gasteiger partial charge in [0.1, 0.15) is 0 Å². The molecule has 1 aromatic heterocycles. The number of hydrogen-bond acceptors (Lipinski definition) is 6. The van der Waals surface area contributed by atoms with Crippen molar-refractivity contribution in [3.63, 3.8) is 0 Å². The van der Waals surface area contributed by atoms with Crippen molar-refractivity contribution in [2.24, 2.45) is 0 Å². The van der Waals surface area contributed by atoms with Crippen molar-refractivity contribution in [3.8, 4) is 0 Å². The SMILES string of the molecule is O=[N+]([O-])c1nnn(CO)n1. The molecule has 0 fully saturated rings. The van der Waals surface area contributed by atoms with E-state index in [0.29, 0.717) is 4.80 Å². The van der Waals surface area contributed by atoms with E-state index in [1.54, 1.807) is 0 Å². The van der Waals surface area contributed by atoms with Crippen LogP contribution < -0.4 is 0 Å². The Morgan fingerprint density at radius 2 is 2.50 bits per heavy atom. The van der Waals surface area contributed by atoms with Crippen LogP contribution in [0.15, 0.2) is 0 Å². The maximum Gasteiger partial charge on any atom is 0.514 e. The van der Waals surface area contributed by atoms with E-state index in [9.17, 15) is 10.1 Å². The lowest BCUT2D eigenvalue weighted by atomic mass is 11.1. The maximum atomic E-state index is 9.88. The number of rotatable bonds is 2. The van der Waals surface area contributed by atoms with Crippen molar-refractivity contribution in [1.29, 1.82) is 0 Å². The Bertz CT molecular complexity index is 243. The van der Waals surface area contributed by atoms with E-state index in [1.165, 1.54) is 0 Å². The summed E-state index contributed by atoms with van der Waals surface area (Å²) in [5.74, 6) is -0.617. The largest absolute Gasteiger partial charge is 0.514 e. The van der Waals surface area contributed by atoms with Crippen LogP contribution in [-0.2, 0) is 6.73 Å². The quantitative estimate of drug-likeness (QED) is 0.402. The molecule has 0 spiro atoms. The van der Waals surface area contributed by atoms with Crippen LogP contribution in [0.2, 0.25) is 0 Å². The van der Waals surface area contributed by atoms with Crippen molar-refractivity contribution < 1.29 is 10.0 Å². The number of nitro groups is 1. The molecule has 0 saturated carbocycles. The third kappa shape index (κ3) is 1.05. The number of hydrogen-bond donors (Lipinski definition) is 1. The first-order chi connectivity index (χ1) is 4.74. The molecule has 0 atom stereocenters. The van der Waals surface area contributed by atoms with Gasteiger partial charge in [0.15, 0.2) is 6.73 Å². The normalized spacial score (nSPS) is 9.70. The van der Waals surface area contributed by atoms with E-state index in [-0.39, 0.29) is 0 Å². The molecule has 0 saturated heterocycles. The van der Waals surface area contributed by atoms with E-state index in [2.05, 4.69) is 15.4 Å². The molecular weight excluding hydrogens is 142 g/mol. The van der Waals surface area contributed by atoms with Crippen LogP contribution in [0.3, 0.4) is 0 Å². The zero-order valence-electron chi connectivity index (χ0n) is 4.71. The van der Waals surface area contributed by atoms with E-state index >= 15 is 0 Å². The topological polar surface area (TPSA) is 107 Å². The van der Waals surface area contributed by atoms with Gasteiger partial charge in [-0.25, -0.2) is 0 Å². The average Bonchev–Trinajstić information content (AvgIpc) is 2.34. The number of nitrogens with zero attached hydrogens (tertiary/aromatic N) is 5. The van der Waals surface area contributed by atoms with Crippen molar-refractivity contribution in [2.75, 3.05) is 0 Å². The molecule has 1 rings (SSSR count). The van der Waals surface area contributed by atoms with Crippen molar-refractivity contribution in [2.45, 2.75) is 6.73 Å². The molecule has 0 amide bonds. The Kier molecular flexibility index (Phi) is 1.54. The van der Waals surface area contributed by atoms with Crippen LogP contribution in [0.25, 0.3) is 0 Å². The summed E-state index contributed by atoms with van der Waals surface area (Å²) < 4.78 is 0.